The second kappa shape index (κ2) is 8.94. The minimum Gasteiger partial charge on any atom is -0.493 e. The summed E-state index contributed by atoms with van der Waals surface area (Å²) in [7, 11) is 2.83. The number of hydrogen-bond donors (Lipinski definition) is 2. The molecule has 0 bridgehead atoms. The standard InChI is InChI=1S/C19H25N3O5S/c1-22(2)16-8-7-14(28(20,24)25)12-15(16)21-19(23)10-6-13-5-9-17(26-3)18(11-13)27-4/h5,7-9,11-12H,6,10H2,1-4H3,(H,21,23)(H2,20,24,25). The van der Waals surface area contributed by atoms with Gasteiger partial charge in [-0.05, 0) is 42.3 Å². The molecule has 152 valence electrons. The fraction of sp³-hybridized carbons (Fsp3) is 0.316. The molecule has 0 aromatic heterocycles. The summed E-state index contributed by atoms with van der Waals surface area (Å²) < 4.78 is 33.7. The van der Waals surface area contributed by atoms with Gasteiger partial charge < -0.3 is 19.7 Å². The average molecular weight is 407 g/mol. The Balaban J connectivity index is 2.14. The van der Waals surface area contributed by atoms with E-state index in [-0.39, 0.29) is 17.2 Å². The number of methoxy groups -OCH3 is 2. The number of aryl methyl sites for hydroxylation is 1. The molecule has 0 fully saturated rings. The Hall–Kier alpha value is -2.78. The molecule has 8 nitrogen and oxygen atoms in total. The van der Waals surface area contributed by atoms with Gasteiger partial charge in [0.15, 0.2) is 11.5 Å². The topological polar surface area (TPSA) is 111 Å². The molecule has 0 heterocycles. The van der Waals surface area contributed by atoms with E-state index in [1.54, 1.807) is 45.3 Å². The molecule has 28 heavy (non-hydrogen) atoms. The summed E-state index contributed by atoms with van der Waals surface area (Å²) in [5.41, 5.74) is 1.97. The van der Waals surface area contributed by atoms with Crippen molar-refractivity contribution in [3.8, 4) is 11.5 Å². The maximum absolute atomic E-state index is 12.4. The molecule has 1 amide bonds. The second-order valence-electron chi connectivity index (χ2n) is 6.36. The van der Waals surface area contributed by atoms with Crippen molar-refractivity contribution in [3.63, 3.8) is 0 Å². The zero-order chi connectivity index (χ0) is 20.9. The predicted octanol–water partition coefficient (Wildman–Crippen LogP) is 1.99. The number of nitrogens with one attached hydrogen (secondary N) is 1. The molecule has 2 rings (SSSR count). The van der Waals surface area contributed by atoms with E-state index in [1.165, 1.54) is 12.1 Å². The van der Waals surface area contributed by atoms with Gasteiger partial charge in [0.2, 0.25) is 15.9 Å². The number of benzene rings is 2. The Morgan fingerprint density at radius 2 is 1.75 bits per heavy atom. The minimum absolute atomic E-state index is 0.0618. The largest absolute Gasteiger partial charge is 0.493 e. The number of amides is 1. The van der Waals surface area contributed by atoms with Crippen LogP contribution in [0, 0.1) is 0 Å². The molecule has 0 unspecified atom stereocenters. The number of nitrogens with zero attached hydrogens (tertiary/aromatic N) is 1. The van der Waals surface area contributed by atoms with Crippen LogP contribution in [0.25, 0.3) is 0 Å². The van der Waals surface area contributed by atoms with Crippen LogP contribution in [-0.4, -0.2) is 42.6 Å². The SMILES string of the molecule is COc1ccc(CCC(=O)Nc2cc(S(N)(=O)=O)ccc2N(C)C)cc1OC. The Labute approximate surface area is 165 Å². The van der Waals surface area contributed by atoms with Crippen molar-refractivity contribution < 1.29 is 22.7 Å². The van der Waals surface area contributed by atoms with Crippen LogP contribution in [-0.2, 0) is 21.2 Å². The fourth-order valence-electron chi connectivity index (χ4n) is 2.69. The van der Waals surface area contributed by atoms with Gasteiger partial charge in [-0.15, -0.1) is 0 Å². The summed E-state index contributed by atoms with van der Waals surface area (Å²) in [6.07, 6.45) is 0.695. The Kier molecular flexibility index (Phi) is 6.87. The highest BCUT2D eigenvalue weighted by Crippen LogP contribution is 2.29. The highest BCUT2D eigenvalue weighted by Gasteiger charge is 2.15. The Morgan fingerprint density at radius 3 is 2.32 bits per heavy atom. The third kappa shape index (κ3) is 5.37. The van der Waals surface area contributed by atoms with Crippen LogP contribution in [0.5, 0.6) is 11.5 Å². The van der Waals surface area contributed by atoms with Gasteiger partial charge in [0.05, 0.1) is 30.5 Å². The van der Waals surface area contributed by atoms with Crippen molar-refractivity contribution in [2.45, 2.75) is 17.7 Å². The first kappa shape index (κ1) is 21.5. The highest BCUT2D eigenvalue weighted by molar-refractivity contribution is 7.89. The number of primary sulfonamides is 1. The Bertz CT molecular complexity index is 958. The van der Waals surface area contributed by atoms with Crippen molar-refractivity contribution in [2.24, 2.45) is 5.14 Å². The van der Waals surface area contributed by atoms with Crippen LogP contribution < -0.4 is 24.8 Å². The van der Waals surface area contributed by atoms with Gasteiger partial charge in [-0.3, -0.25) is 4.79 Å². The second-order valence-corrected chi connectivity index (χ2v) is 7.92. The van der Waals surface area contributed by atoms with E-state index in [0.717, 1.165) is 5.56 Å². The number of rotatable bonds is 8. The molecule has 0 aliphatic heterocycles. The molecule has 0 aliphatic rings. The third-order valence-electron chi connectivity index (χ3n) is 4.14. The summed E-state index contributed by atoms with van der Waals surface area (Å²) in [5, 5.41) is 7.96. The number of sulfonamides is 1. The van der Waals surface area contributed by atoms with Crippen LogP contribution in [0.15, 0.2) is 41.3 Å². The Morgan fingerprint density at radius 1 is 1.07 bits per heavy atom. The lowest BCUT2D eigenvalue weighted by atomic mass is 10.1. The van der Waals surface area contributed by atoms with Gasteiger partial charge >= 0.3 is 0 Å². The van der Waals surface area contributed by atoms with Crippen LogP contribution in [0.4, 0.5) is 11.4 Å². The molecule has 0 radical (unpaired) electrons. The zero-order valence-corrected chi connectivity index (χ0v) is 17.2. The lowest BCUT2D eigenvalue weighted by Crippen LogP contribution is -2.19. The van der Waals surface area contributed by atoms with Crippen molar-refractivity contribution in [1.29, 1.82) is 0 Å². The molecule has 0 saturated heterocycles. The van der Waals surface area contributed by atoms with Crippen LogP contribution >= 0.6 is 0 Å². The third-order valence-corrected chi connectivity index (χ3v) is 5.05. The van der Waals surface area contributed by atoms with E-state index >= 15 is 0 Å². The molecule has 9 heteroatoms. The fourth-order valence-corrected chi connectivity index (χ4v) is 3.23. The van der Waals surface area contributed by atoms with Crippen molar-refractivity contribution in [1.82, 2.24) is 0 Å². The molecular weight excluding hydrogens is 382 g/mol. The molecule has 0 aliphatic carbocycles. The summed E-state index contributed by atoms with van der Waals surface area (Å²) >= 11 is 0. The maximum Gasteiger partial charge on any atom is 0.238 e. The van der Waals surface area contributed by atoms with Gasteiger partial charge in [0.25, 0.3) is 0 Å². The number of carbonyl (C=O) groups excluding carboxylic acids is 1. The summed E-state index contributed by atoms with van der Waals surface area (Å²) in [5.74, 6) is 0.965. The van der Waals surface area contributed by atoms with Crippen molar-refractivity contribution in [2.75, 3.05) is 38.5 Å². The maximum atomic E-state index is 12.4. The van der Waals surface area contributed by atoms with E-state index in [4.69, 9.17) is 14.6 Å². The smallest absolute Gasteiger partial charge is 0.238 e. The molecule has 0 atom stereocenters. The summed E-state index contributed by atoms with van der Waals surface area (Å²) in [6.45, 7) is 0. The number of hydrogen-bond acceptors (Lipinski definition) is 6. The van der Waals surface area contributed by atoms with Crippen LogP contribution in [0.3, 0.4) is 0 Å². The molecule has 2 aromatic rings. The van der Waals surface area contributed by atoms with Crippen molar-refractivity contribution in [3.05, 3.63) is 42.0 Å². The van der Waals surface area contributed by atoms with Crippen LogP contribution in [0.2, 0.25) is 0 Å². The van der Waals surface area contributed by atoms with Gasteiger partial charge in [-0.2, -0.15) is 0 Å². The average Bonchev–Trinajstić information content (AvgIpc) is 2.65. The normalized spacial score (nSPS) is 11.0. The van der Waals surface area contributed by atoms with Gasteiger partial charge in [0.1, 0.15) is 0 Å². The molecule has 2 aromatic carbocycles. The first-order valence-electron chi connectivity index (χ1n) is 8.50. The van der Waals surface area contributed by atoms with E-state index in [0.29, 0.717) is 29.3 Å². The summed E-state index contributed by atoms with van der Waals surface area (Å²) in [6, 6.07) is 9.83. The number of anilines is 2. The molecule has 0 saturated carbocycles. The highest BCUT2D eigenvalue weighted by atomic mass is 32.2. The van der Waals surface area contributed by atoms with Crippen molar-refractivity contribution >= 4 is 27.3 Å². The first-order chi connectivity index (χ1) is 13.2. The molecular formula is C19H25N3O5S. The van der Waals surface area contributed by atoms with Gasteiger partial charge in [0, 0.05) is 20.5 Å². The van der Waals surface area contributed by atoms with E-state index in [2.05, 4.69) is 5.32 Å². The van der Waals surface area contributed by atoms with Gasteiger partial charge in [-0.25, -0.2) is 13.6 Å². The minimum atomic E-state index is -3.87. The predicted molar refractivity (Wildman–Crippen MR) is 109 cm³/mol. The monoisotopic (exact) mass is 407 g/mol. The van der Waals surface area contributed by atoms with E-state index in [1.807, 2.05) is 12.1 Å². The first-order valence-corrected chi connectivity index (χ1v) is 10.0. The zero-order valence-electron chi connectivity index (χ0n) is 16.4. The number of carbonyl (C=O) groups is 1. The lowest BCUT2D eigenvalue weighted by Gasteiger charge is -2.19. The van der Waals surface area contributed by atoms with E-state index in [9.17, 15) is 13.2 Å². The van der Waals surface area contributed by atoms with Crippen LogP contribution in [0.1, 0.15) is 12.0 Å². The summed E-state index contributed by atoms with van der Waals surface area (Å²) in [4.78, 5) is 14.1. The van der Waals surface area contributed by atoms with E-state index < -0.39 is 10.0 Å². The molecule has 3 N–H and O–H groups in total. The number of ether oxygens (including phenoxy) is 2. The number of nitrogens with two attached hydrogens (primary N) is 1. The lowest BCUT2D eigenvalue weighted by molar-refractivity contribution is -0.116. The molecule has 0 spiro atoms. The van der Waals surface area contributed by atoms with Gasteiger partial charge in [-0.1, -0.05) is 6.07 Å². The quantitative estimate of drug-likeness (QED) is 0.692.